The first-order valence-corrected chi connectivity index (χ1v) is 6.17. The number of pyridine rings is 1. The molecule has 0 atom stereocenters. The van der Waals surface area contributed by atoms with Crippen LogP contribution in [-0.4, -0.2) is 26.3 Å². The van der Waals surface area contributed by atoms with Crippen molar-refractivity contribution in [2.75, 3.05) is 26.6 Å². The van der Waals surface area contributed by atoms with Crippen molar-refractivity contribution < 1.29 is 14.2 Å². The molecule has 0 saturated heterocycles. The molecule has 0 radical (unpaired) electrons. The molecule has 1 heterocycles. The van der Waals surface area contributed by atoms with Crippen LogP contribution in [0.4, 0.5) is 11.4 Å². The second kappa shape index (κ2) is 6.14. The van der Waals surface area contributed by atoms with E-state index in [1.54, 1.807) is 27.5 Å². The Balaban J connectivity index is 2.37. The van der Waals surface area contributed by atoms with Crippen LogP contribution in [0.3, 0.4) is 0 Å². The van der Waals surface area contributed by atoms with E-state index in [2.05, 4.69) is 10.3 Å². The van der Waals surface area contributed by atoms with E-state index in [1.165, 1.54) is 0 Å². The second-order valence-corrected chi connectivity index (χ2v) is 4.20. The number of nitrogens with zero attached hydrogens (tertiary/aromatic N) is 1. The summed E-state index contributed by atoms with van der Waals surface area (Å²) in [5.74, 6) is 2.16. The molecule has 20 heavy (non-hydrogen) atoms. The Morgan fingerprint density at radius 3 is 2.15 bits per heavy atom. The molecule has 0 bridgehead atoms. The summed E-state index contributed by atoms with van der Waals surface area (Å²) >= 11 is 0. The minimum atomic E-state index is 0.717. The smallest absolute Gasteiger partial charge is 0.163 e. The SMILES string of the molecule is COc1cc(Nc2ccnc(C)c2OC)cc(OC)c1. The first-order valence-electron chi connectivity index (χ1n) is 6.17. The van der Waals surface area contributed by atoms with Gasteiger partial charge in [0.15, 0.2) is 5.75 Å². The Kier molecular flexibility index (Phi) is 4.30. The van der Waals surface area contributed by atoms with Crippen LogP contribution in [0, 0.1) is 6.92 Å². The summed E-state index contributed by atoms with van der Waals surface area (Å²) in [5, 5.41) is 3.29. The van der Waals surface area contributed by atoms with E-state index in [1.807, 2.05) is 31.2 Å². The minimum absolute atomic E-state index is 0.717. The zero-order chi connectivity index (χ0) is 14.5. The largest absolute Gasteiger partial charge is 0.497 e. The van der Waals surface area contributed by atoms with Gasteiger partial charge in [-0.2, -0.15) is 0 Å². The fourth-order valence-corrected chi connectivity index (χ4v) is 1.94. The van der Waals surface area contributed by atoms with Gasteiger partial charge in [0.1, 0.15) is 11.5 Å². The van der Waals surface area contributed by atoms with E-state index >= 15 is 0 Å². The fourth-order valence-electron chi connectivity index (χ4n) is 1.94. The summed E-state index contributed by atoms with van der Waals surface area (Å²) in [4.78, 5) is 4.21. The van der Waals surface area contributed by atoms with Gasteiger partial charge in [-0.15, -0.1) is 0 Å². The monoisotopic (exact) mass is 274 g/mol. The molecule has 0 fully saturated rings. The number of nitrogens with one attached hydrogen (secondary N) is 1. The summed E-state index contributed by atoms with van der Waals surface area (Å²) in [6.45, 7) is 1.90. The highest BCUT2D eigenvalue weighted by Crippen LogP contribution is 2.32. The molecule has 0 amide bonds. The molecular formula is C15H18N2O3. The van der Waals surface area contributed by atoms with Gasteiger partial charge in [-0.3, -0.25) is 4.98 Å². The van der Waals surface area contributed by atoms with Crippen LogP contribution in [0.2, 0.25) is 0 Å². The number of anilines is 2. The average molecular weight is 274 g/mol. The van der Waals surface area contributed by atoms with Gasteiger partial charge in [-0.1, -0.05) is 0 Å². The molecule has 2 aromatic rings. The molecule has 0 aliphatic heterocycles. The van der Waals surface area contributed by atoms with E-state index in [0.717, 1.165) is 28.6 Å². The molecule has 1 aromatic carbocycles. The first-order chi connectivity index (χ1) is 9.67. The number of methoxy groups -OCH3 is 3. The summed E-state index contributed by atoms with van der Waals surface area (Å²) in [7, 11) is 4.87. The maximum Gasteiger partial charge on any atom is 0.163 e. The lowest BCUT2D eigenvalue weighted by Gasteiger charge is -2.14. The molecule has 1 N–H and O–H groups in total. The van der Waals surface area contributed by atoms with Gasteiger partial charge < -0.3 is 19.5 Å². The predicted molar refractivity (Wildman–Crippen MR) is 78.4 cm³/mol. The number of ether oxygens (including phenoxy) is 3. The van der Waals surface area contributed by atoms with Crippen LogP contribution < -0.4 is 19.5 Å². The van der Waals surface area contributed by atoms with Crippen molar-refractivity contribution in [1.82, 2.24) is 4.98 Å². The van der Waals surface area contributed by atoms with Crippen molar-refractivity contribution in [1.29, 1.82) is 0 Å². The van der Waals surface area contributed by atoms with Crippen molar-refractivity contribution >= 4 is 11.4 Å². The van der Waals surface area contributed by atoms with Gasteiger partial charge in [0, 0.05) is 30.1 Å². The van der Waals surface area contributed by atoms with E-state index in [0.29, 0.717) is 5.75 Å². The van der Waals surface area contributed by atoms with Crippen molar-refractivity contribution in [2.24, 2.45) is 0 Å². The molecule has 0 spiro atoms. The van der Waals surface area contributed by atoms with Crippen molar-refractivity contribution in [3.8, 4) is 17.2 Å². The van der Waals surface area contributed by atoms with Crippen molar-refractivity contribution in [3.63, 3.8) is 0 Å². The zero-order valence-electron chi connectivity index (χ0n) is 12.1. The maximum atomic E-state index is 5.37. The number of benzene rings is 1. The van der Waals surface area contributed by atoms with E-state index < -0.39 is 0 Å². The van der Waals surface area contributed by atoms with Gasteiger partial charge in [0.25, 0.3) is 0 Å². The molecule has 1 aromatic heterocycles. The molecule has 106 valence electrons. The number of hydrogen-bond donors (Lipinski definition) is 1. The highest BCUT2D eigenvalue weighted by molar-refractivity contribution is 5.69. The molecule has 0 unspecified atom stereocenters. The third-order valence-corrected chi connectivity index (χ3v) is 2.92. The number of hydrogen-bond acceptors (Lipinski definition) is 5. The molecule has 2 rings (SSSR count). The molecule has 0 aliphatic carbocycles. The third-order valence-electron chi connectivity index (χ3n) is 2.92. The molecule has 0 saturated carbocycles. The normalized spacial score (nSPS) is 10.0. The summed E-state index contributed by atoms with van der Waals surface area (Å²) < 4.78 is 15.9. The van der Waals surface area contributed by atoms with Crippen LogP contribution in [0.25, 0.3) is 0 Å². The molecular weight excluding hydrogens is 256 g/mol. The highest BCUT2D eigenvalue weighted by Gasteiger charge is 2.08. The van der Waals surface area contributed by atoms with Crippen LogP contribution in [-0.2, 0) is 0 Å². The minimum Gasteiger partial charge on any atom is -0.497 e. The van der Waals surface area contributed by atoms with Crippen LogP contribution in [0.1, 0.15) is 5.69 Å². The lowest BCUT2D eigenvalue weighted by Crippen LogP contribution is -1.99. The van der Waals surface area contributed by atoms with E-state index in [-0.39, 0.29) is 0 Å². The summed E-state index contributed by atoms with van der Waals surface area (Å²) in [6, 6.07) is 7.45. The second-order valence-electron chi connectivity index (χ2n) is 4.20. The van der Waals surface area contributed by atoms with Gasteiger partial charge in [-0.25, -0.2) is 0 Å². The van der Waals surface area contributed by atoms with Gasteiger partial charge in [-0.05, 0) is 13.0 Å². The van der Waals surface area contributed by atoms with Gasteiger partial charge in [0.05, 0.1) is 32.7 Å². The van der Waals surface area contributed by atoms with Gasteiger partial charge in [0.2, 0.25) is 0 Å². The van der Waals surface area contributed by atoms with Crippen LogP contribution in [0.15, 0.2) is 30.5 Å². The summed E-state index contributed by atoms with van der Waals surface area (Å²) in [6.07, 6.45) is 1.73. The third kappa shape index (κ3) is 2.93. The Morgan fingerprint density at radius 2 is 1.60 bits per heavy atom. The molecule has 5 nitrogen and oxygen atoms in total. The standard InChI is InChI=1S/C15H18N2O3/c1-10-15(20-4)14(5-6-16-10)17-11-7-12(18-2)9-13(8-11)19-3/h5-9H,1-4H3,(H,16,17). The average Bonchev–Trinajstić information content (AvgIpc) is 2.47. The maximum absolute atomic E-state index is 5.37. The topological polar surface area (TPSA) is 52.6 Å². The Labute approximate surface area is 118 Å². The predicted octanol–water partition coefficient (Wildman–Crippen LogP) is 3.16. The molecule has 0 aliphatic rings. The number of aryl methyl sites for hydroxylation is 1. The Hall–Kier alpha value is -2.43. The van der Waals surface area contributed by atoms with Crippen molar-refractivity contribution in [3.05, 3.63) is 36.2 Å². The lowest BCUT2D eigenvalue weighted by molar-refractivity contribution is 0.394. The number of aromatic nitrogens is 1. The lowest BCUT2D eigenvalue weighted by atomic mass is 10.2. The van der Waals surface area contributed by atoms with Gasteiger partial charge >= 0.3 is 0 Å². The van der Waals surface area contributed by atoms with Crippen LogP contribution in [0.5, 0.6) is 17.2 Å². The Bertz CT molecular complexity index is 577. The number of rotatable bonds is 5. The van der Waals surface area contributed by atoms with Crippen LogP contribution >= 0.6 is 0 Å². The molecule has 5 heteroatoms. The first kappa shape index (κ1) is 14.0. The Morgan fingerprint density at radius 1 is 0.950 bits per heavy atom. The fraction of sp³-hybridized carbons (Fsp3) is 0.267. The quantitative estimate of drug-likeness (QED) is 0.907. The van der Waals surface area contributed by atoms with Crippen molar-refractivity contribution in [2.45, 2.75) is 6.92 Å². The van der Waals surface area contributed by atoms with E-state index in [4.69, 9.17) is 14.2 Å². The summed E-state index contributed by atoms with van der Waals surface area (Å²) in [5.41, 5.74) is 2.52. The zero-order valence-corrected chi connectivity index (χ0v) is 12.1. The van der Waals surface area contributed by atoms with E-state index in [9.17, 15) is 0 Å². The highest BCUT2D eigenvalue weighted by atomic mass is 16.5.